The third-order valence-corrected chi connectivity index (χ3v) is 4.86. The van der Waals surface area contributed by atoms with Crippen molar-refractivity contribution in [3.63, 3.8) is 0 Å². The summed E-state index contributed by atoms with van der Waals surface area (Å²) >= 11 is 0. The van der Waals surface area contributed by atoms with Crippen molar-refractivity contribution in [2.24, 2.45) is 10.8 Å². The quantitative estimate of drug-likeness (QED) is 0.289. The van der Waals surface area contributed by atoms with Crippen LogP contribution in [0, 0.1) is 16.2 Å². The maximum Gasteiger partial charge on any atom is 0.303 e. The Labute approximate surface area is 158 Å². The molecule has 1 rings (SSSR count). The van der Waals surface area contributed by atoms with Crippen LogP contribution >= 0.6 is 0 Å². The highest BCUT2D eigenvalue weighted by Gasteiger charge is 2.34. The highest BCUT2D eigenvalue weighted by molar-refractivity contribution is 5.66. The fourth-order valence-electron chi connectivity index (χ4n) is 3.62. The summed E-state index contributed by atoms with van der Waals surface area (Å²) < 4.78 is 0. The third kappa shape index (κ3) is 14.9. The first-order valence-electron chi connectivity index (χ1n) is 9.55. The molecule has 154 valence electrons. The average Bonchev–Trinajstić information content (AvgIpc) is 2.49. The van der Waals surface area contributed by atoms with E-state index < -0.39 is 11.9 Å². The van der Waals surface area contributed by atoms with E-state index >= 15 is 0 Å². The molecule has 1 unspecified atom stereocenters. The molecule has 1 aliphatic rings. The maximum absolute atomic E-state index is 10.1. The van der Waals surface area contributed by atoms with Gasteiger partial charge in [0.2, 0.25) is 0 Å². The van der Waals surface area contributed by atoms with Crippen LogP contribution in [-0.2, 0) is 9.59 Å². The number of carboxylic acid groups (broad SMARTS) is 2. The molecular formula is C20H40N2O4. The predicted molar refractivity (Wildman–Crippen MR) is 106 cm³/mol. The van der Waals surface area contributed by atoms with Crippen molar-refractivity contribution in [3.8, 4) is 0 Å². The summed E-state index contributed by atoms with van der Waals surface area (Å²) in [7, 11) is 0. The number of rotatable bonds is 10. The summed E-state index contributed by atoms with van der Waals surface area (Å²) in [6.45, 7) is 6.84. The zero-order chi connectivity index (χ0) is 19.3. The Morgan fingerprint density at radius 2 is 1.31 bits per heavy atom. The topological polar surface area (TPSA) is 133 Å². The van der Waals surface area contributed by atoms with Crippen molar-refractivity contribution in [2.75, 3.05) is 0 Å². The maximum atomic E-state index is 10.1. The Morgan fingerprint density at radius 1 is 0.885 bits per heavy atom. The Hall–Kier alpha value is -1.43. The second kappa shape index (κ2) is 13.7. The van der Waals surface area contributed by atoms with E-state index in [4.69, 9.17) is 15.6 Å². The summed E-state index contributed by atoms with van der Waals surface area (Å²) in [5.41, 5.74) is 0.659. The molecule has 1 fully saturated rings. The molecule has 0 bridgehead atoms. The minimum absolute atomic E-state index is 0. The number of carbonyl (C=O) groups is 2. The highest BCUT2D eigenvalue weighted by Crippen LogP contribution is 2.44. The lowest BCUT2D eigenvalue weighted by Gasteiger charge is -2.40. The SMILES string of the molecule is CC1(C)CCCC(C)(C=N)C1.N.O=C(O)CCCCCCCCC(=O)O. The van der Waals surface area contributed by atoms with Crippen LogP contribution in [0.3, 0.4) is 0 Å². The smallest absolute Gasteiger partial charge is 0.303 e. The fraction of sp³-hybridized carbons (Fsp3) is 0.850. The van der Waals surface area contributed by atoms with Crippen molar-refractivity contribution < 1.29 is 19.8 Å². The predicted octanol–water partition coefficient (Wildman–Crippen LogP) is 5.68. The summed E-state index contributed by atoms with van der Waals surface area (Å²) in [5, 5.41) is 24.0. The lowest BCUT2D eigenvalue weighted by Crippen LogP contribution is -2.31. The lowest BCUT2D eigenvalue weighted by molar-refractivity contribution is -0.138. The standard InChI is InChI=1S/C10H19N.C10H18O4.H3N/c1-9(2)5-4-6-10(3,7-9)8-11;11-9(12)7-5-3-1-2-4-6-8-10(13)14;/h8,11H,4-7H2,1-3H3;1-8H2,(H,11,12)(H,13,14);1H3. The second-order valence-corrected chi connectivity index (χ2v) is 8.40. The monoisotopic (exact) mass is 372 g/mol. The normalized spacial score (nSPS) is 20.9. The first kappa shape index (κ1) is 26.8. The largest absolute Gasteiger partial charge is 0.481 e. The van der Waals surface area contributed by atoms with Gasteiger partial charge < -0.3 is 21.8 Å². The van der Waals surface area contributed by atoms with Gasteiger partial charge in [0.05, 0.1) is 0 Å². The summed E-state index contributed by atoms with van der Waals surface area (Å²) in [4.78, 5) is 20.3. The van der Waals surface area contributed by atoms with Crippen molar-refractivity contribution in [1.82, 2.24) is 6.15 Å². The molecule has 0 aliphatic heterocycles. The number of nitrogens with one attached hydrogen (secondary N) is 1. The molecule has 6 nitrogen and oxygen atoms in total. The van der Waals surface area contributed by atoms with Crippen LogP contribution in [-0.4, -0.2) is 28.4 Å². The molecular weight excluding hydrogens is 332 g/mol. The fourth-order valence-corrected chi connectivity index (χ4v) is 3.62. The van der Waals surface area contributed by atoms with E-state index in [9.17, 15) is 9.59 Å². The van der Waals surface area contributed by atoms with Gasteiger partial charge in [-0.15, -0.1) is 0 Å². The first-order valence-corrected chi connectivity index (χ1v) is 9.55. The van der Waals surface area contributed by atoms with Crippen LogP contribution in [0.5, 0.6) is 0 Å². The van der Waals surface area contributed by atoms with Gasteiger partial charge in [-0.25, -0.2) is 0 Å². The van der Waals surface area contributed by atoms with Crippen LogP contribution in [0.25, 0.3) is 0 Å². The Kier molecular flexibility index (Phi) is 14.2. The number of carboxylic acids is 2. The third-order valence-electron chi connectivity index (χ3n) is 4.86. The van der Waals surface area contributed by atoms with Gasteiger partial charge >= 0.3 is 11.9 Å². The Bertz CT molecular complexity index is 404. The van der Waals surface area contributed by atoms with Gasteiger partial charge in [0, 0.05) is 24.5 Å². The molecule has 0 saturated heterocycles. The van der Waals surface area contributed by atoms with Gasteiger partial charge in [-0.05, 0) is 37.5 Å². The van der Waals surface area contributed by atoms with E-state index in [1.54, 1.807) is 6.21 Å². The molecule has 1 atom stereocenters. The van der Waals surface area contributed by atoms with Gasteiger partial charge in [0.25, 0.3) is 0 Å². The minimum Gasteiger partial charge on any atom is -0.481 e. The Balaban J connectivity index is 0. The van der Waals surface area contributed by atoms with Gasteiger partial charge in [0.15, 0.2) is 0 Å². The molecule has 1 aliphatic carbocycles. The van der Waals surface area contributed by atoms with Gasteiger partial charge in [-0.2, -0.15) is 0 Å². The van der Waals surface area contributed by atoms with Crippen LogP contribution in [0.15, 0.2) is 0 Å². The summed E-state index contributed by atoms with van der Waals surface area (Å²) in [5.74, 6) is -1.48. The summed E-state index contributed by atoms with van der Waals surface area (Å²) in [6, 6.07) is 0. The number of unbranched alkanes of at least 4 members (excludes halogenated alkanes) is 5. The average molecular weight is 373 g/mol. The van der Waals surface area contributed by atoms with E-state index in [-0.39, 0.29) is 24.4 Å². The molecule has 0 radical (unpaired) electrons. The van der Waals surface area contributed by atoms with Crippen LogP contribution in [0.1, 0.15) is 97.8 Å². The lowest BCUT2D eigenvalue weighted by atomic mass is 9.65. The van der Waals surface area contributed by atoms with Crippen molar-refractivity contribution in [3.05, 3.63) is 0 Å². The zero-order valence-electron chi connectivity index (χ0n) is 17.0. The molecule has 0 spiro atoms. The van der Waals surface area contributed by atoms with Crippen LogP contribution in [0.2, 0.25) is 0 Å². The van der Waals surface area contributed by atoms with Gasteiger partial charge in [0.1, 0.15) is 0 Å². The van der Waals surface area contributed by atoms with Gasteiger partial charge in [-0.3, -0.25) is 9.59 Å². The molecule has 6 heteroatoms. The van der Waals surface area contributed by atoms with Crippen LogP contribution in [0.4, 0.5) is 0 Å². The van der Waals surface area contributed by atoms with E-state index in [2.05, 4.69) is 20.8 Å². The number of aliphatic carboxylic acids is 2. The van der Waals surface area contributed by atoms with E-state index in [1.165, 1.54) is 25.7 Å². The van der Waals surface area contributed by atoms with E-state index in [1.807, 2.05) is 0 Å². The zero-order valence-corrected chi connectivity index (χ0v) is 17.0. The molecule has 0 aromatic rings. The molecule has 1 saturated carbocycles. The molecule has 0 aromatic heterocycles. The minimum atomic E-state index is -0.740. The van der Waals surface area contributed by atoms with Crippen molar-refractivity contribution in [1.29, 1.82) is 5.41 Å². The number of hydrogen-bond acceptors (Lipinski definition) is 4. The Morgan fingerprint density at radius 3 is 1.62 bits per heavy atom. The molecule has 0 amide bonds. The molecule has 0 heterocycles. The molecule has 6 N–H and O–H groups in total. The molecule has 26 heavy (non-hydrogen) atoms. The van der Waals surface area contributed by atoms with Gasteiger partial charge in [-0.1, -0.05) is 52.9 Å². The van der Waals surface area contributed by atoms with Crippen molar-refractivity contribution >= 4 is 18.2 Å². The molecule has 0 aromatic carbocycles. The number of hydrogen-bond donors (Lipinski definition) is 4. The van der Waals surface area contributed by atoms with E-state index in [0.717, 1.165) is 38.5 Å². The first-order chi connectivity index (χ1) is 11.6. The van der Waals surface area contributed by atoms with Crippen molar-refractivity contribution in [2.45, 2.75) is 97.8 Å². The van der Waals surface area contributed by atoms with E-state index in [0.29, 0.717) is 5.41 Å². The summed E-state index contributed by atoms with van der Waals surface area (Å²) in [6.07, 6.45) is 12.5. The van der Waals surface area contributed by atoms with Crippen LogP contribution < -0.4 is 6.15 Å². The second-order valence-electron chi connectivity index (χ2n) is 8.40. The highest BCUT2D eigenvalue weighted by atomic mass is 16.4.